The summed E-state index contributed by atoms with van der Waals surface area (Å²) >= 11 is 0. The van der Waals surface area contributed by atoms with Gasteiger partial charge in [-0.25, -0.2) is 0 Å². The number of benzene rings is 3. The van der Waals surface area contributed by atoms with Crippen LogP contribution in [0.5, 0.6) is 23.0 Å². The second kappa shape index (κ2) is 11.5. The maximum absolute atomic E-state index is 10.5. The Balaban J connectivity index is 1.60. The van der Waals surface area contributed by atoms with E-state index < -0.39 is 0 Å². The molecule has 0 radical (unpaired) electrons. The maximum Gasteiger partial charge on any atom is 0.162 e. The van der Waals surface area contributed by atoms with Gasteiger partial charge in [-0.15, -0.1) is 0 Å². The molecule has 0 saturated carbocycles. The van der Waals surface area contributed by atoms with Crippen LogP contribution in [-0.4, -0.2) is 38.8 Å². The fraction of sp³-hybridized carbons (Fsp3) is 0.344. The van der Waals surface area contributed by atoms with E-state index in [1.165, 1.54) is 6.42 Å². The number of nitrogens with zero attached hydrogens (tertiary/aromatic N) is 2. The van der Waals surface area contributed by atoms with Gasteiger partial charge in [0.05, 0.1) is 21.3 Å². The minimum Gasteiger partial charge on any atom is -0.493 e. The lowest BCUT2D eigenvalue weighted by Crippen LogP contribution is -2.43. The first-order chi connectivity index (χ1) is 18.7. The monoisotopic (exact) mass is 510 g/mol. The van der Waals surface area contributed by atoms with Crippen molar-refractivity contribution in [2.75, 3.05) is 27.9 Å². The van der Waals surface area contributed by atoms with Crippen molar-refractivity contribution in [3.05, 3.63) is 89.1 Å². The zero-order valence-corrected chi connectivity index (χ0v) is 22.3. The number of allylic oxidation sites excluding steroid dienone is 2. The van der Waals surface area contributed by atoms with E-state index in [9.17, 15) is 5.26 Å². The van der Waals surface area contributed by atoms with Gasteiger partial charge in [0.15, 0.2) is 23.0 Å². The number of rotatable bonds is 8. The quantitative estimate of drug-likeness (QED) is 0.342. The van der Waals surface area contributed by atoms with Crippen LogP contribution < -0.4 is 18.9 Å². The van der Waals surface area contributed by atoms with Gasteiger partial charge in [-0.3, -0.25) is 0 Å². The minimum atomic E-state index is 0.0270. The van der Waals surface area contributed by atoms with Crippen LogP contribution in [0, 0.1) is 11.3 Å². The lowest BCUT2D eigenvalue weighted by molar-refractivity contribution is 0.177. The number of hydrogen-bond acceptors (Lipinski definition) is 6. The second-order valence-electron chi connectivity index (χ2n) is 9.76. The van der Waals surface area contributed by atoms with Gasteiger partial charge >= 0.3 is 0 Å². The van der Waals surface area contributed by atoms with Gasteiger partial charge in [0, 0.05) is 24.1 Å². The molecule has 1 saturated heterocycles. The summed E-state index contributed by atoms with van der Waals surface area (Å²) < 4.78 is 23.0. The lowest BCUT2D eigenvalue weighted by Gasteiger charge is -2.44. The summed E-state index contributed by atoms with van der Waals surface area (Å²) in [6, 6.07) is 25.1. The molecule has 2 heterocycles. The van der Waals surface area contributed by atoms with Crippen molar-refractivity contribution in [2.45, 2.75) is 44.2 Å². The molecular weight excluding hydrogens is 476 g/mol. The van der Waals surface area contributed by atoms with E-state index in [0.29, 0.717) is 35.6 Å². The maximum atomic E-state index is 10.5. The second-order valence-corrected chi connectivity index (χ2v) is 9.76. The van der Waals surface area contributed by atoms with Crippen LogP contribution in [0.4, 0.5) is 0 Å². The molecule has 0 N–H and O–H groups in total. The summed E-state index contributed by atoms with van der Waals surface area (Å²) in [5.74, 6) is 2.73. The van der Waals surface area contributed by atoms with Crippen LogP contribution in [0.25, 0.3) is 5.57 Å². The van der Waals surface area contributed by atoms with Crippen molar-refractivity contribution in [1.29, 1.82) is 5.26 Å². The van der Waals surface area contributed by atoms with Crippen LogP contribution in [0.1, 0.15) is 48.3 Å². The van der Waals surface area contributed by atoms with Gasteiger partial charge in [-0.05, 0) is 66.6 Å². The van der Waals surface area contributed by atoms with E-state index in [1.807, 2.05) is 60.7 Å². The van der Waals surface area contributed by atoms with Gasteiger partial charge in [0.2, 0.25) is 0 Å². The molecule has 0 aromatic heterocycles. The van der Waals surface area contributed by atoms with Gasteiger partial charge < -0.3 is 23.8 Å². The standard InChI is InChI=1S/C32H34N2O4/c1-35-28-14-12-23(17-30(28)37-3)26-19-25-11-7-8-16-34(25)27(20-33)32(26)24-13-15-29(36-2)31(18-24)38-21-22-9-5-4-6-10-22/h4-6,9-10,12-15,17-18,25-26H,7-8,11,16,19,21H2,1-3H3/t25?,26-/m1/s1. The molecule has 2 atom stereocenters. The Morgan fingerprint density at radius 3 is 2.32 bits per heavy atom. The predicted octanol–water partition coefficient (Wildman–Crippen LogP) is 6.57. The third-order valence-electron chi connectivity index (χ3n) is 7.65. The van der Waals surface area contributed by atoms with Gasteiger partial charge in [-0.2, -0.15) is 5.26 Å². The minimum absolute atomic E-state index is 0.0270. The Morgan fingerprint density at radius 2 is 1.58 bits per heavy atom. The van der Waals surface area contributed by atoms with E-state index >= 15 is 0 Å². The van der Waals surface area contributed by atoms with Crippen molar-refractivity contribution in [2.24, 2.45) is 0 Å². The fourth-order valence-electron chi connectivity index (χ4n) is 5.78. The summed E-state index contributed by atoms with van der Waals surface area (Å²) in [6.45, 7) is 1.33. The third kappa shape index (κ3) is 5.02. The Morgan fingerprint density at radius 1 is 0.842 bits per heavy atom. The molecule has 1 unspecified atom stereocenters. The molecule has 196 valence electrons. The van der Waals surface area contributed by atoms with E-state index in [0.717, 1.165) is 53.8 Å². The van der Waals surface area contributed by atoms with Crippen LogP contribution >= 0.6 is 0 Å². The summed E-state index contributed by atoms with van der Waals surface area (Å²) in [5, 5.41) is 10.5. The van der Waals surface area contributed by atoms with Gasteiger partial charge in [0.1, 0.15) is 18.4 Å². The number of nitriles is 1. The van der Waals surface area contributed by atoms with Crippen LogP contribution in [-0.2, 0) is 6.61 Å². The van der Waals surface area contributed by atoms with Crippen molar-refractivity contribution in [3.63, 3.8) is 0 Å². The lowest BCUT2D eigenvalue weighted by atomic mass is 9.76. The number of methoxy groups -OCH3 is 3. The average molecular weight is 511 g/mol. The number of piperidine rings is 1. The summed E-state index contributed by atoms with van der Waals surface area (Å²) in [7, 11) is 4.95. The van der Waals surface area contributed by atoms with Crippen molar-refractivity contribution in [3.8, 4) is 29.1 Å². The predicted molar refractivity (Wildman–Crippen MR) is 148 cm³/mol. The van der Waals surface area contributed by atoms with Crippen molar-refractivity contribution in [1.82, 2.24) is 4.90 Å². The highest BCUT2D eigenvalue weighted by molar-refractivity contribution is 5.79. The number of fused-ring (bicyclic) bond motifs is 1. The molecule has 0 amide bonds. The van der Waals surface area contributed by atoms with Crippen molar-refractivity contribution >= 4 is 5.57 Å². The molecule has 6 nitrogen and oxygen atoms in total. The number of ether oxygens (including phenoxy) is 4. The van der Waals surface area contributed by atoms with Crippen LogP contribution in [0.3, 0.4) is 0 Å². The molecule has 2 aliphatic heterocycles. The molecule has 38 heavy (non-hydrogen) atoms. The van der Waals surface area contributed by atoms with Gasteiger partial charge in [-0.1, -0.05) is 42.5 Å². The number of hydrogen-bond donors (Lipinski definition) is 0. The van der Waals surface area contributed by atoms with E-state index in [2.05, 4.69) is 17.0 Å². The molecule has 0 spiro atoms. The normalized spacial score (nSPS) is 18.8. The van der Waals surface area contributed by atoms with Crippen molar-refractivity contribution < 1.29 is 18.9 Å². The van der Waals surface area contributed by atoms with Gasteiger partial charge in [0.25, 0.3) is 0 Å². The van der Waals surface area contributed by atoms with Crippen LogP contribution in [0.15, 0.2) is 72.4 Å². The fourth-order valence-corrected chi connectivity index (χ4v) is 5.78. The summed E-state index contributed by atoms with van der Waals surface area (Å²) in [5.41, 5.74) is 4.92. The first-order valence-corrected chi connectivity index (χ1v) is 13.1. The molecular formula is C32H34N2O4. The Labute approximate surface area is 225 Å². The molecule has 1 fully saturated rings. The molecule has 0 bridgehead atoms. The highest BCUT2D eigenvalue weighted by Crippen LogP contribution is 2.48. The van der Waals surface area contributed by atoms with E-state index in [-0.39, 0.29) is 5.92 Å². The molecule has 3 aromatic rings. The largest absolute Gasteiger partial charge is 0.493 e. The highest BCUT2D eigenvalue weighted by Gasteiger charge is 2.38. The zero-order chi connectivity index (χ0) is 26.5. The molecule has 6 heteroatoms. The van der Waals surface area contributed by atoms with Crippen LogP contribution in [0.2, 0.25) is 0 Å². The Bertz CT molecular complexity index is 1350. The van der Waals surface area contributed by atoms with E-state index in [1.54, 1.807) is 21.3 Å². The molecule has 5 rings (SSSR count). The first-order valence-electron chi connectivity index (χ1n) is 13.1. The zero-order valence-electron chi connectivity index (χ0n) is 22.3. The topological polar surface area (TPSA) is 64.0 Å². The summed E-state index contributed by atoms with van der Waals surface area (Å²) in [4.78, 5) is 2.32. The SMILES string of the molecule is COc1ccc([C@H]2CC3CCCCN3C(C#N)=C2c2ccc(OC)c(OCc3ccccc3)c2)cc1OC. The molecule has 2 aliphatic rings. The summed E-state index contributed by atoms with van der Waals surface area (Å²) in [6.07, 6.45) is 4.32. The third-order valence-corrected chi connectivity index (χ3v) is 7.65. The highest BCUT2D eigenvalue weighted by atomic mass is 16.5. The molecule has 3 aromatic carbocycles. The smallest absolute Gasteiger partial charge is 0.162 e. The first kappa shape index (κ1) is 25.5. The Kier molecular flexibility index (Phi) is 7.74. The average Bonchev–Trinajstić information content (AvgIpc) is 2.99. The molecule has 0 aliphatic carbocycles. The van der Waals surface area contributed by atoms with E-state index in [4.69, 9.17) is 18.9 Å². The Hall–Kier alpha value is -4.11.